The minimum Gasteiger partial charge on any atom is -0.393 e. The highest BCUT2D eigenvalue weighted by Crippen LogP contribution is 2.68. The van der Waals surface area contributed by atoms with Gasteiger partial charge in [-0.2, -0.15) is 0 Å². The number of hydrogen-bond acceptors (Lipinski definition) is 5. The molecule has 280 valence electrons. The second kappa shape index (κ2) is 19.2. The smallest absolute Gasteiger partial charge is 0.0577 e. The van der Waals surface area contributed by atoms with Crippen molar-refractivity contribution in [2.75, 3.05) is 39.3 Å². The quantitative estimate of drug-likeness (QED) is 0.0844. The number of nitrogens with one attached hydrogen (secondary N) is 4. The van der Waals surface area contributed by atoms with E-state index in [0.717, 1.165) is 81.8 Å². The maximum atomic E-state index is 11.8. The number of aliphatic hydroxyl groups excluding tert-OH is 1. The topological polar surface area (TPSA) is 68.3 Å². The molecular weight excluding hydrogens is 601 g/mol. The van der Waals surface area contributed by atoms with Gasteiger partial charge in [0.1, 0.15) is 0 Å². The number of fused-ring (bicyclic) bond motifs is 5. The van der Waals surface area contributed by atoms with Crippen LogP contribution in [-0.2, 0) is 6.54 Å². The van der Waals surface area contributed by atoms with Crippen molar-refractivity contribution in [2.24, 2.45) is 52.3 Å². The van der Waals surface area contributed by atoms with E-state index in [1.54, 1.807) is 0 Å². The van der Waals surface area contributed by atoms with Gasteiger partial charge in [0, 0.05) is 12.6 Å². The van der Waals surface area contributed by atoms with Crippen molar-refractivity contribution in [1.29, 1.82) is 0 Å². The SMILES string of the molecule is CC(C)CCC[C@@H](C)[C@H]1CCC2C3C(CC[C@@]21C)[C@@]1(C)CC[C@H](NCCCNCCCCNCCCNCc2ccccc2)C[C@H]1C[C@H]3O. The Kier molecular flexibility index (Phi) is 15.4. The summed E-state index contributed by atoms with van der Waals surface area (Å²) in [4.78, 5) is 0. The minimum absolute atomic E-state index is 0.0808. The first kappa shape index (κ1) is 39.2. The van der Waals surface area contributed by atoms with E-state index in [1.165, 1.54) is 95.5 Å². The van der Waals surface area contributed by atoms with Crippen molar-refractivity contribution < 1.29 is 5.11 Å². The fraction of sp³-hybridized carbons (Fsp3) is 0.864. The van der Waals surface area contributed by atoms with Crippen molar-refractivity contribution in [3.8, 4) is 0 Å². The predicted octanol–water partition coefficient (Wildman–Crippen LogP) is 8.57. The molecular formula is C44H78N4O. The van der Waals surface area contributed by atoms with Gasteiger partial charge in [-0.3, -0.25) is 0 Å². The van der Waals surface area contributed by atoms with Crippen LogP contribution in [0.1, 0.15) is 136 Å². The molecule has 0 spiro atoms. The molecule has 0 heterocycles. The van der Waals surface area contributed by atoms with Crippen molar-refractivity contribution in [2.45, 2.75) is 150 Å². The molecule has 5 heteroatoms. The van der Waals surface area contributed by atoms with Gasteiger partial charge >= 0.3 is 0 Å². The van der Waals surface area contributed by atoms with Crippen LogP contribution >= 0.6 is 0 Å². The molecule has 0 radical (unpaired) electrons. The molecule has 4 fully saturated rings. The summed E-state index contributed by atoms with van der Waals surface area (Å²) in [6, 6.07) is 11.3. The molecule has 1 aromatic rings. The molecule has 4 aliphatic rings. The van der Waals surface area contributed by atoms with Crippen LogP contribution in [0.3, 0.4) is 0 Å². The molecule has 5 rings (SSSR count). The fourth-order valence-corrected chi connectivity index (χ4v) is 11.9. The lowest BCUT2D eigenvalue weighted by atomic mass is 9.43. The maximum absolute atomic E-state index is 11.8. The Morgan fingerprint density at radius 1 is 0.694 bits per heavy atom. The molecule has 49 heavy (non-hydrogen) atoms. The van der Waals surface area contributed by atoms with Gasteiger partial charge in [0.2, 0.25) is 0 Å². The summed E-state index contributed by atoms with van der Waals surface area (Å²) in [5.74, 6) is 5.23. The fourth-order valence-electron chi connectivity index (χ4n) is 11.9. The molecule has 0 bridgehead atoms. The average Bonchev–Trinajstić information content (AvgIpc) is 3.44. The van der Waals surface area contributed by atoms with Crippen molar-refractivity contribution in [3.05, 3.63) is 35.9 Å². The first-order chi connectivity index (χ1) is 23.7. The maximum Gasteiger partial charge on any atom is 0.0577 e. The summed E-state index contributed by atoms with van der Waals surface area (Å²) in [6.45, 7) is 20.2. The summed E-state index contributed by atoms with van der Waals surface area (Å²) < 4.78 is 0. The van der Waals surface area contributed by atoms with E-state index in [9.17, 15) is 5.11 Å². The Morgan fingerprint density at radius 3 is 2.08 bits per heavy atom. The van der Waals surface area contributed by atoms with Gasteiger partial charge < -0.3 is 26.4 Å². The van der Waals surface area contributed by atoms with Gasteiger partial charge in [-0.25, -0.2) is 0 Å². The summed E-state index contributed by atoms with van der Waals surface area (Å²) >= 11 is 0. The van der Waals surface area contributed by atoms with Crippen LogP contribution in [0.2, 0.25) is 0 Å². The van der Waals surface area contributed by atoms with Crippen LogP contribution in [0.4, 0.5) is 0 Å². The molecule has 4 aliphatic carbocycles. The lowest BCUT2D eigenvalue weighted by molar-refractivity contribution is -0.167. The lowest BCUT2D eigenvalue weighted by Gasteiger charge is -2.62. The molecule has 1 aromatic carbocycles. The predicted molar refractivity (Wildman–Crippen MR) is 209 cm³/mol. The Morgan fingerprint density at radius 2 is 1.35 bits per heavy atom. The number of hydrogen-bond donors (Lipinski definition) is 5. The molecule has 5 N–H and O–H groups in total. The zero-order valence-electron chi connectivity index (χ0n) is 32.6. The van der Waals surface area contributed by atoms with Gasteiger partial charge in [0.15, 0.2) is 0 Å². The Bertz CT molecular complexity index is 1070. The van der Waals surface area contributed by atoms with Gasteiger partial charge in [-0.1, -0.05) is 84.2 Å². The van der Waals surface area contributed by atoms with Crippen molar-refractivity contribution >= 4 is 0 Å². The molecule has 0 aromatic heterocycles. The molecule has 0 saturated heterocycles. The molecule has 4 saturated carbocycles. The standard InChI is InChI=1S/C44H78N4O/c1-33(2)14-11-15-34(3)38-18-19-39-42-40(21-23-44(38,39)5)43(4)22-20-37(30-36(43)31-41(42)49)48-29-13-27-46-25-10-9-24-45-26-12-28-47-32-35-16-7-6-8-17-35/h6-8,16-17,33-34,36-42,45-49H,9-15,18-32H2,1-5H3/t34-,36+,37+,38-,39?,40?,41-,42?,43+,44-/m1/s1. The van der Waals surface area contributed by atoms with Crippen LogP contribution in [-0.4, -0.2) is 56.5 Å². The van der Waals surface area contributed by atoms with Crippen molar-refractivity contribution in [3.63, 3.8) is 0 Å². The summed E-state index contributed by atoms with van der Waals surface area (Å²) in [7, 11) is 0. The Hall–Kier alpha value is -0.980. The number of aliphatic hydroxyl groups is 1. The summed E-state index contributed by atoms with van der Waals surface area (Å²) in [5.41, 5.74) is 2.24. The number of rotatable bonds is 21. The lowest BCUT2D eigenvalue weighted by Crippen LogP contribution is -2.59. The average molecular weight is 679 g/mol. The van der Waals surface area contributed by atoms with Crippen LogP contribution in [0.25, 0.3) is 0 Å². The number of benzene rings is 1. The molecule has 0 amide bonds. The van der Waals surface area contributed by atoms with E-state index >= 15 is 0 Å². The molecule has 5 nitrogen and oxygen atoms in total. The van der Waals surface area contributed by atoms with E-state index in [-0.39, 0.29) is 6.10 Å². The monoisotopic (exact) mass is 679 g/mol. The normalized spacial score (nSPS) is 34.8. The minimum atomic E-state index is -0.0808. The van der Waals surface area contributed by atoms with Crippen molar-refractivity contribution in [1.82, 2.24) is 21.3 Å². The number of unbranched alkanes of at least 4 members (excludes halogenated alkanes) is 1. The first-order valence-corrected chi connectivity index (χ1v) is 21.3. The largest absolute Gasteiger partial charge is 0.393 e. The first-order valence-electron chi connectivity index (χ1n) is 21.3. The van der Waals surface area contributed by atoms with Gasteiger partial charge in [-0.05, 0) is 174 Å². The highest BCUT2D eigenvalue weighted by Gasteiger charge is 2.62. The van der Waals surface area contributed by atoms with E-state index in [1.807, 2.05) is 0 Å². The Labute approximate surface area is 302 Å². The second-order valence-electron chi connectivity index (χ2n) is 18.3. The van der Waals surface area contributed by atoms with Crippen LogP contribution in [0.15, 0.2) is 30.3 Å². The summed E-state index contributed by atoms with van der Waals surface area (Å²) in [6.07, 6.45) is 19.5. The molecule has 0 aliphatic heterocycles. The van der Waals surface area contributed by atoms with E-state index in [2.05, 4.69) is 86.2 Å². The molecule has 3 unspecified atom stereocenters. The van der Waals surface area contributed by atoms with Gasteiger partial charge in [0.25, 0.3) is 0 Å². The van der Waals surface area contributed by atoms with Gasteiger partial charge in [0.05, 0.1) is 6.10 Å². The highest BCUT2D eigenvalue weighted by atomic mass is 16.3. The van der Waals surface area contributed by atoms with Crippen LogP contribution < -0.4 is 21.3 Å². The third-order valence-corrected chi connectivity index (χ3v) is 14.7. The zero-order valence-corrected chi connectivity index (χ0v) is 32.6. The van der Waals surface area contributed by atoms with Gasteiger partial charge in [-0.15, -0.1) is 0 Å². The second-order valence-corrected chi connectivity index (χ2v) is 18.3. The van der Waals surface area contributed by atoms with E-state index < -0.39 is 0 Å². The molecule has 10 atom stereocenters. The zero-order chi connectivity index (χ0) is 34.7. The van der Waals surface area contributed by atoms with Crippen LogP contribution in [0, 0.1) is 52.3 Å². The Balaban J connectivity index is 0.921. The van der Waals surface area contributed by atoms with E-state index in [4.69, 9.17) is 0 Å². The third kappa shape index (κ3) is 10.3. The summed E-state index contributed by atoms with van der Waals surface area (Å²) in [5, 5.41) is 26.6. The highest BCUT2D eigenvalue weighted by molar-refractivity contribution is 5.14. The van der Waals surface area contributed by atoms with E-state index in [0.29, 0.717) is 28.7 Å². The third-order valence-electron chi connectivity index (χ3n) is 14.7. The van der Waals surface area contributed by atoms with Crippen LogP contribution in [0.5, 0.6) is 0 Å².